The summed E-state index contributed by atoms with van der Waals surface area (Å²) < 4.78 is 5.56. The van der Waals surface area contributed by atoms with Crippen LogP contribution in [0.25, 0.3) is 0 Å². The lowest BCUT2D eigenvalue weighted by atomic mass is 9.87. The van der Waals surface area contributed by atoms with Crippen LogP contribution in [0.3, 0.4) is 0 Å². The fourth-order valence-corrected chi connectivity index (χ4v) is 1.70. The molecule has 0 aliphatic rings. The molecule has 0 spiro atoms. The highest BCUT2D eigenvalue weighted by Gasteiger charge is 2.22. The molecule has 106 valence electrons. The van der Waals surface area contributed by atoms with E-state index in [0.29, 0.717) is 13.2 Å². The topological polar surface area (TPSA) is 80.7 Å². The minimum absolute atomic E-state index is 0.265. The van der Waals surface area contributed by atoms with Gasteiger partial charge in [-0.3, -0.25) is 4.98 Å². The van der Waals surface area contributed by atoms with Gasteiger partial charge in [-0.05, 0) is 25.0 Å². The van der Waals surface area contributed by atoms with Crippen molar-refractivity contribution in [3.63, 3.8) is 0 Å². The second-order valence-electron chi connectivity index (χ2n) is 5.16. The van der Waals surface area contributed by atoms with Crippen LogP contribution in [0.15, 0.2) is 29.6 Å². The first-order valence-electron chi connectivity index (χ1n) is 6.52. The van der Waals surface area contributed by atoms with Crippen LogP contribution >= 0.6 is 0 Å². The van der Waals surface area contributed by atoms with Gasteiger partial charge in [0.05, 0.1) is 6.61 Å². The number of aromatic nitrogens is 1. The SMILES string of the molecule is CC(C)(CCCOCCc1ccccn1)C(N)=NO. The molecule has 1 heterocycles. The van der Waals surface area contributed by atoms with Crippen molar-refractivity contribution in [1.82, 2.24) is 4.98 Å². The zero-order valence-corrected chi connectivity index (χ0v) is 11.7. The molecule has 3 N–H and O–H groups in total. The Morgan fingerprint density at radius 1 is 1.42 bits per heavy atom. The van der Waals surface area contributed by atoms with Crippen LogP contribution in [0, 0.1) is 5.41 Å². The Labute approximate surface area is 114 Å². The molecule has 1 aromatic rings. The maximum Gasteiger partial charge on any atom is 0.144 e. The van der Waals surface area contributed by atoms with Crippen molar-refractivity contribution >= 4 is 5.84 Å². The predicted octanol–water partition coefficient (Wildman–Crippen LogP) is 2.19. The molecule has 0 unspecified atom stereocenters. The lowest BCUT2D eigenvalue weighted by Crippen LogP contribution is -2.32. The molecule has 0 atom stereocenters. The highest BCUT2D eigenvalue weighted by atomic mass is 16.5. The second-order valence-corrected chi connectivity index (χ2v) is 5.16. The molecular weight excluding hydrogens is 242 g/mol. The van der Waals surface area contributed by atoms with E-state index in [1.165, 1.54) is 0 Å². The number of amidine groups is 1. The van der Waals surface area contributed by atoms with E-state index in [2.05, 4.69) is 10.1 Å². The highest BCUT2D eigenvalue weighted by molar-refractivity contribution is 5.85. The molecule has 5 heteroatoms. The first-order chi connectivity index (χ1) is 9.06. The Morgan fingerprint density at radius 2 is 2.21 bits per heavy atom. The van der Waals surface area contributed by atoms with Gasteiger partial charge in [0.25, 0.3) is 0 Å². The van der Waals surface area contributed by atoms with E-state index in [1.807, 2.05) is 32.0 Å². The lowest BCUT2D eigenvalue weighted by molar-refractivity contribution is 0.127. The Morgan fingerprint density at radius 3 is 2.84 bits per heavy atom. The molecule has 0 radical (unpaired) electrons. The fraction of sp³-hybridized carbons (Fsp3) is 0.571. The fourth-order valence-electron chi connectivity index (χ4n) is 1.70. The summed E-state index contributed by atoms with van der Waals surface area (Å²) in [6.07, 6.45) is 4.32. The maximum absolute atomic E-state index is 8.66. The van der Waals surface area contributed by atoms with E-state index in [-0.39, 0.29) is 11.3 Å². The summed E-state index contributed by atoms with van der Waals surface area (Å²) in [6.45, 7) is 5.25. The average molecular weight is 265 g/mol. The first-order valence-corrected chi connectivity index (χ1v) is 6.52. The number of ether oxygens (including phenoxy) is 1. The largest absolute Gasteiger partial charge is 0.409 e. The third-order valence-corrected chi connectivity index (χ3v) is 3.12. The van der Waals surface area contributed by atoms with E-state index in [9.17, 15) is 0 Å². The van der Waals surface area contributed by atoms with Gasteiger partial charge >= 0.3 is 0 Å². The van der Waals surface area contributed by atoms with Crippen molar-refractivity contribution in [2.45, 2.75) is 33.1 Å². The normalized spacial score (nSPS) is 12.6. The number of rotatable bonds is 8. The van der Waals surface area contributed by atoms with Gasteiger partial charge < -0.3 is 15.7 Å². The van der Waals surface area contributed by atoms with Gasteiger partial charge in [-0.25, -0.2) is 0 Å². The number of nitrogens with two attached hydrogens (primary N) is 1. The van der Waals surface area contributed by atoms with Crippen LogP contribution in [0.1, 0.15) is 32.4 Å². The van der Waals surface area contributed by atoms with Crippen molar-refractivity contribution in [3.05, 3.63) is 30.1 Å². The Bertz CT molecular complexity index is 391. The monoisotopic (exact) mass is 265 g/mol. The summed E-state index contributed by atoms with van der Waals surface area (Å²) in [7, 11) is 0. The quantitative estimate of drug-likeness (QED) is 0.248. The first kappa shape index (κ1) is 15.4. The van der Waals surface area contributed by atoms with Crippen LogP contribution in [0.2, 0.25) is 0 Å². The van der Waals surface area contributed by atoms with Crippen LogP contribution < -0.4 is 5.73 Å². The van der Waals surface area contributed by atoms with Gasteiger partial charge in [0.2, 0.25) is 0 Å². The molecular formula is C14H23N3O2. The number of pyridine rings is 1. The van der Waals surface area contributed by atoms with E-state index < -0.39 is 0 Å². The van der Waals surface area contributed by atoms with E-state index in [4.69, 9.17) is 15.7 Å². The zero-order valence-electron chi connectivity index (χ0n) is 11.7. The third-order valence-electron chi connectivity index (χ3n) is 3.12. The van der Waals surface area contributed by atoms with Gasteiger partial charge in [0, 0.05) is 30.3 Å². The Hall–Kier alpha value is -1.62. The summed E-state index contributed by atoms with van der Waals surface area (Å²) >= 11 is 0. The van der Waals surface area contributed by atoms with Crippen molar-refractivity contribution in [3.8, 4) is 0 Å². The molecule has 0 aliphatic heterocycles. The van der Waals surface area contributed by atoms with Crippen LogP contribution in [-0.4, -0.2) is 29.2 Å². The van der Waals surface area contributed by atoms with Gasteiger partial charge in [-0.1, -0.05) is 25.1 Å². The van der Waals surface area contributed by atoms with Crippen LogP contribution in [-0.2, 0) is 11.2 Å². The summed E-state index contributed by atoms with van der Waals surface area (Å²) in [5, 5.41) is 11.7. The van der Waals surface area contributed by atoms with Crippen molar-refractivity contribution in [2.24, 2.45) is 16.3 Å². The number of hydrogen-bond acceptors (Lipinski definition) is 4. The number of hydrogen-bond donors (Lipinski definition) is 2. The van der Waals surface area contributed by atoms with E-state index in [0.717, 1.165) is 25.0 Å². The Balaban J connectivity index is 2.12. The molecule has 5 nitrogen and oxygen atoms in total. The van der Waals surface area contributed by atoms with E-state index >= 15 is 0 Å². The minimum atomic E-state index is -0.293. The summed E-state index contributed by atoms with van der Waals surface area (Å²) in [4.78, 5) is 4.23. The lowest BCUT2D eigenvalue weighted by Gasteiger charge is -2.22. The molecule has 19 heavy (non-hydrogen) atoms. The molecule has 1 rings (SSSR count). The molecule has 1 aromatic heterocycles. The van der Waals surface area contributed by atoms with Crippen LogP contribution in [0.5, 0.6) is 0 Å². The smallest absolute Gasteiger partial charge is 0.144 e. The Kier molecular flexibility index (Phi) is 6.29. The van der Waals surface area contributed by atoms with Crippen molar-refractivity contribution < 1.29 is 9.94 Å². The van der Waals surface area contributed by atoms with Crippen molar-refractivity contribution in [2.75, 3.05) is 13.2 Å². The molecule has 0 fully saturated rings. The van der Waals surface area contributed by atoms with Crippen LogP contribution in [0.4, 0.5) is 0 Å². The summed E-state index contributed by atoms with van der Waals surface area (Å²) in [6, 6.07) is 5.87. The number of oxime groups is 1. The molecule has 0 aromatic carbocycles. The van der Waals surface area contributed by atoms with Crippen molar-refractivity contribution in [1.29, 1.82) is 0 Å². The predicted molar refractivity (Wildman–Crippen MR) is 75.2 cm³/mol. The van der Waals surface area contributed by atoms with Gasteiger partial charge in [0.15, 0.2) is 0 Å². The minimum Gasteiger partial charge on any atom is -0.409 e. The number of nitrogens with zero attached hydrogens (tertiary/aromatic N) is 2. The standard InChI is InChI=1S/C14H23N3O2/c1-14(2,13(15)17-18)8-5-10-19-11-7-12-6-3-4-9-16-12/h3-4,6,9,18H,5,7-8,10-11H2,1-2H3,(H2,15,17). The zero-order chi connectivity index (χ0) is 14.1. The molecule has 0 saturated carbocycles. The molecule has 0 amide bonds. The summed E-state index contributed by atoms with van der Waals surface area (Å²) in [5.74, 6) is 0.265. The maximum atomic E-state index is 8.66. The van der Waals surface area contributed by atoms with Gasteiger partial charge in [-0.2, -0.15) is 0 Å². The second kappa shape index (κ2) is 7.74. The molecule has 0 saturated heterocycles. The average Bonchev–Trinajstić information content (AvgIpc) is 2.42. The molecule has 0 aliphatic carbocycles. The van der Waals surface area contributed by atoms with Gasteiger partial charge in [0.1, 0.15) is 5.84 Å². The molecule has 0 bridgehead atoms. The highest BCUT2D eigenvalue weighted by Crippen LogP contribution is 2.22. The third kappa shape index (κ3) is 5.70. The van der Waals surface area contributed by atoms with Gasteiger partial charge in [-0.15, -0.1) is 0 Å². The summed E-state index contributed by atoms with van der Waals surface area (Å²) in [5.41, 5.74) is 6.37. The van der Waals surface area contributed by atoms with E-state index in [1.54, 1.807) is 6.20 Å².